The third-order valence-electron chi connectivity index (χ3n) is 8.16. The molecular weight excluding hydrogens is 372 g/mol. The SMILES string of the molecule is CCC1(CC2(CC)c3ccccc3-c3ccccc32)c2ccccc2-c2ccccc21. The lowest BCUT2D eigenvalue weighted by atomic mass is 9.61. The van der Waals surface area contributed by atoms with Crippen LogP contribution in [0.5, 0.6) is 0 Å². The van der Waals surface area contributed by atoms with Gasteiger partial charge in [0.1, 0.15) is 0 Å². The van der Waals surface area contributed by atoms with Gasteiger partial charge in [0.15, 0.2) is 0 Å². The van der Waals surface area contributed by atoms with Crippen LogP contribution in [-0.4, -0.2) is 0 Å². The molecule has 0 aliphatic heterocycles. The van der Waals surface area contributed by atoms with Crippen LogP contribution in [0.25, 0.3) is 22.3 Å². The van der Waals surface area contributed by atoms with E-state index >= 15 is 0 Å². The average Bonchev–Trinajstić information content (AvgIpc) is 3.28. The highest BCUT2D eigenvalue weighted by atomic mass is 14.5. The van der Waals surface area contributed by atoms with Crippen LogP contribution in [0.4, 0.5) is 0 Å². The Bertz CT molecular complexity index is 1100. The van der Waals surface area contributed by atoms with E-state index in [0.29, 0.717) is 0 Å². The first kappa shape index (κ1) is 18.6. The minimum Gasteiger partial charge on any atom is -0.0642 e. The Morgan fingerprint density at radius 2 is 0.677 bits per heavy atom. The lowest BCUT2D eigenvalue weighted by Crippen LogP contribution is -2.37. The van der Waals surface area contributed by atoms with Crippen LogP contribution in [-0.2, 0) is 10.8 Å². The van der Waals surface area contributed by atoms with E-state index in [9.17, 15) is 0 Å². The molecular formula is C31H28. The third kappa shape index (κ3) is 2.31. The lowest BCUT2D eigenvalue weighted by Gasteiger charge is -2.42. The van der Waals surface area contributed by atoms with E-state index in [1.165, 1.54) is 44.5 Å². The number of benzene rings is 4. The van der Waals surface area contributed by atoms with Crippen LogP contribution in [0.2, 0.25) is 0 Å². The van der Waals surface area contributed by atoms with Gasteiger partial charge in [-0.25, -0.2) is 0 Å². The maximum absolute atomic E-state index is 2.38. The van der Waals surface area contributed by atoms with Crippen molar-refractivity contribution in [2.45, 2.75) is 43.9 Å². The second-order valence-electron chi connectivity index (χ2n) is 9.23. The van der Waals surface area contributed by atoms with Crippen molar-refractivity contribution in [3.8, 4) is 22.3 Å². The minimum absolute atomic E-state index is 0.0216. The molecule has 0 spiro atoms. The summed E-state index contributed by atoms with van der Waals surface area (Å²) >= 11 is 0. The topological polar surface area (TPSA) is 0 Å². The smallest absolute Gasteiger partial charge is 0.0224 e. The third-order valence-corrected chi connectivity index (χ3v) is 8.16. The van der Waals surface area contributed by atoms with Crippen molar-refractivity contribution in [2.24, 2.45) is 0 Å². The average molecular weight is 401 g/mol. The maximum atomic E-state index is 2.38. The van der Waals surface area contributed by atoms with Crippen molar-refractivity contribution in [1.82, 2.24) is 0 Å². The number of hydrogen-bond acceptors (Lipinski definition) is 0. The van der Waals surface area contributed by atoms with Gasteiger partial charge >= 0.3 is 0 Å². The molecule has 6 rings (SSSR count). The van der Waals surface area contributed by atoms with Gasteiger partial charge in [-0.2, -0.15) is 0 Å². The molecule has 0 saturated carbocycles. The summed E-state index contributed by atoms with van der Waals surface area (Å²) in [6, 6.07) is 36.5. The van der Waals surface area contributed by atoms with Gasteiger partial charge in [-0.3, -0.25) is 0 Å². The lowest BCUT2D eigenvalue weighted by molar-refractivity contribution is 0.342. The highest BCUT2D eigenvalue weighted by Gasteiger charge is 2.51. The molecule has 0 heteroatoms. The predicted molar refractivity (Wildman–Crippen MR) is 131 cm³/mol. The number of fused-ring (bicyclic) bond motifs is 6. The summed E-state index contributed by atoms with van der Waals surface area (Å²) in [7, 11) is 0. The normalized spacial score (nSPS) is 16.3. The van der Waals surface area contributed by atoms with Gasteiger partial charge in [0.05, 0.1) is 0 Å². The van der Waals surface area contributed by atoms with Crippen molar-refractivity contribution in [3.63, 3.8) is 0 Å². The summed E-state index contributed by atoms with van der Waals surface area (Å²) in [6.45, 7) is 4.77. The zero-order valence-electron chi connectivity index (χ0n) is 18.4. The molecule has 152 valence electrons. The van der Waals surface area contributed by atoms with Crippen LogP contribution in [0.15, 0.2) is 97.1 Å². The second-order valence-corrected chi connectivity index (χ2v) is 9.23. The minimum atomic E-state index is 0.0216. The molecule has 0 unspecified atom stereocenters. The van der Waals surface area contributed by atoms with E-state index in [4.69, 9.17) is 0 Å². The summed E-state index contributed by atoms with van der Waals surface area (Å²) < 4.78 is 0. The number of hydrogen-bond donors (Lipinski definition) is 0. The van der Waals surface area contributed by atoms with Crippen LogP contribution in [0, 0.1) is 0 Å². The summed E-state index contributed by atoms with van der Waals surface area (Å²) in [4.78, 5) is 0. The van der Waals surface area contributed by atoms with Crippen LogP contribution >= 0.6 is 0 Å². The fraction of sp³-hybridized carbons (Fsp3) is 0.226. The molecule has 4 aromatic rings. The Labute approximate surface area is 185 Å². The predicted octanol–water partition coefficient (Wildman–Crippen LogP) is 8.13. The molecule has 4 aromatic carbocycles. The zero-order valence-corrected chi connectivity index (χ0v) is 18.4. The Balaban J connectivity index is 1.64. The zero-order chi connectivity index (χ0) is 21.1. The van der Waals surface area contributed by atoms with Crippen LogP contribution in [0.3, 0.4) is 0 Å². The van der Waals surface area contributed by atoms with E-state index < -0.39 is 0 Å². The largest absolute Gasteiger partial charge is 0.0642 e. The Hall–Kier alpha value is -3.12. The molecule has 0 atom stereocenters. The monoisotopic (exact) mass is 400 g/mol. The maximum Gasteiger partial charge on any atom is 0.0224 e. The molecule has 0 bridgehead atoms. The molecule has 0 N–H and O–H groups in total. The highest BCUT2D eigenvalue weighted by Crippen LogP contribution is 2.61. The molecule has 2 aliphatic rings. The molecule has 31 heavy (non-hydrogen) atoms. The first-order chi connectivity index (χ1) is 15.2. The Morgan fingerprint density at radius 1 is 0.419 bits per heavy atom. The van der Waals surface area contributed by atoms with Gasteiger partial charge in [0.2, 0.25) is 0 Å². The molecule has 0 amide bonds. The Kier molecular flexibility index (Phi) is 4.02. The second kappa shape index (κ2) is 6.69. The van der Waals surface area contributed by atoms with E-state index in [0.717, 1.165) is 19.3 Å². The van der Waals surface area contributed by atoms with Crippen molar-refractivity contribution < 1.29 is 0 Å². The number of rotatable bonds is 4. The van der Waals surface area contributed by atoms with E-state index in [1.807, 2.05) is 0 Å². The van der Waals surface area contributed by atoms with E-state index in [1.54, 1.807) is 0 Å². The van der Waals surface area contributed by atoms with E-state index in [2.05, 4.69) is 111 Å². The Morgan fingerprint density at radius 3 is 0.935 bits per heavy atom. The van der Waals surface area contributed by atoms with Crippen molar-refractivity contribution in [1.29, 1.82) is 0 Å². The quantitative estimate of drug-likeness (QED) is 0.324. The molecule has 2 aliphatic carbocycles. The summed E-state index contributed by atoms with van der Waals surface area (Å²) in [6.07, 6.45) is 3.31. The molecule has 0 heterocycles. The molecule has 0 radical (unpaired) electrons. The van der Waals surface area contributed by atoms with Gasteiger partial charge < -0.3 is 0 Å². The van der Waals surface area contributed by atoms with Gasteiger partial charge in [-0.15, -0.1) is 0 Å². The van der Waals surface area contributed by atoms with Crippen molar-refractivity contribution in [2.75, 3.05) is 0 Å². The van der Waals surface area contributed by atoms with Gasteiger partial charge in [0.25, 0.3) is 0 Å². The first-order valence-corrected chi connectivity index (χ1v) is 11.6. The summed E-state index contributed by atoms with van der Waals surface area (Å²) in [5.41, 5.74) is 11.8. The van der Waals surface area contributed by atoms with E-state index in [-0.39, 0.29) is 10.8 Å². The molecule has 0 nitrogen and oxygen atoms in total. The van der Waals surface area contributed by atoms with Gasteiger partial charge in [0, 0.05) is 10.8 Å². The van der Waals surface area contributed by atoms with Gasteiger partial charge in [-0.1, -0.05) is 111 Å². The summed E-state index contributed by atoms with van der Waals surface area (Å²) in [5, 5.41) is 0. The molecule has 0 aromatic heterocycles. The molecule has 0 saturated heterocycles. The van der Waals surface area contributed by atoms with Gasteiger partial charge in [-0.05, 0) is 63.8 Å². The standard InChI is InChI=1S/C31H28/c1-3-30(26-17-9-5-13-22(26)23-14-6-10-18-27(23)30)21-31(4-2)28-19-11-7-15-24(28)25-16-8-12-20-29(25)31/h5-20H,3-4,21H2,1-2H3. The van der Waals surface area contributed by atoms with Crippen LogP contribution < -0.4 is 0 Å². The van der Waals surface area contributed by atoms with Crippen LogP contribution in [0.1, 0.15) is 55.4 Å². The van der Waals surface area contributed by atoms with Crippen molar-refractivity contribution in [3.05, 3.63) is 119 Å². The summed E-state index contributed by atoms with van der Waals surface area (Å²) in [5.74, 6) is 0. The highest BCUT2D eigenvalue weighted by molar-refractivity contribution is 5.84. The fourth-order valence-corrected chi connectivity index (χ4v) is 6.74. The molecule has 0 fully saturated rings. The first-order valence-electron chi connectivity index (χ1n) is 11.6. The van der Waals surface area contributed by atoms with Crippen molar-refractivity contribution >= 4 is 0 Å². The fourth-order valence-electron chi connectivity index (χ4n) is 6.74.